The highest BCUT2D eigenvalue weighted by molar-refractivity contribution is 7.91. The van der Waals surface area contributed by atoms with Crippen molar-refractivity contribution in [3.8, 4) is 0 Å². The lowest BCUT2D eigenvalue weighted by molar-refractivity contribution is 0.0873. The van der Waals surface area contributed by atoms with Gasteiger partial charge in [-0.1, -0.05) is 11.2 Å². The third-order valence-corrected chi connectivity index (χ3v) is 7.83. The van der Waals surface area contributed by atoms with Crippen LogP contribution < -0.4 is 14.3 Å². The Hall–Kier alpha value is -2.73. The number of nitrogens with one attached hydrogen (secondary N) is 2. The number of benzene rings is 1. The SMILES string of the molecule is Cn1nnc(N(C2CCOCC2)S(=O)(=O)NC(=O)Nc2c3c(cc4c2CCC4)CCC3)n1. The van der Waals surface area contributed by atoms with Crippen molar-refractivity contribution in [2.24, 2.45) is 7.05 Å². The molecule has 1 aromatic carbocycles. The molecule has 0 unspecified atom stereocenters. The fourth-order valence-corrected chi connectivity index (χ4v) is 6.30. The van der Waals surface area contributed by atoms with E-state index >= 15 is 0 Å². The molecule has 2 aromatic rings. The first-order chi connectivity index (χ1) is 15.4. The molecular formula is C20H27N7O4S. The van der Waals surface area contributed by atoms with Crippen LogP contribution in [0.25, 0.3) is 0 Å². The number of fused-ring (bicyclic) bond motifs is 2. The van der Waals surface area contributed by atoms with Gasteiger partial charge in [0, 0.05) is 18.9 Å². The second kappa shape index (κ2) is 8.32. The van der Waals surface area contributed by atoms with E-state index in [9.17, 15) is 13.2 Å². The third-order valence-electron chi connectivity index (χ3n) is 6.41. The molecule has 1 aliphatic heterocycles. The highest BCUT2D eigenvalue weighted by Gasteiger charge is 2.36. The summed E-state index contributed by atoms with van der Waals surface area (Å²) in [5.41, 5.74) is 5.58. The summed E-state index contributed by atoms with van der Waals surface area (Å²) in [6.45, 7) is 0.844. The summed E-state index contributed by atoms with van der Waals surface area (Å²) in [7, 11) is -2.71. The Bertz CT molecular complexity index is 1110. The van der Waals surface area contributed by atoms with Gasteiger partial charge in [0.05, 0.1) is 13.1 Å². The summed E-state index contributed by atoms with van der Waals surface area (Å²) in [5.74, 6) is -0.0683. The number of nitrogens with zero attached hydrogens (tertiary/aromatic N) is 5. The molecule has 2 amide bonds. The second-order valence-corrected chi connectivity index (χ2v) is 10.1. The number of urea groups is 1. The maximum absolute atomic E-state index is 13.3. The number of carbonyl (C=O) groups is 1. The van der Waals surface area contributed by atoms with E-state index in [0.717, 1.165) is 59.6 Å². The zero-order chi connectivity index (χ0) is 22.3. The average Bonchev–Trinajstić information content (AvgIpc) is 3.49. The molecule has 0 saturated carbocycles. The van der Waals surface area contributed by atoms with Gasteiger partial charge in [-0.25, -0.2) is 13.8 Å². The number of carbonyl (C=O) groups excluding carboxylic acids is 1. The first-order valence-corrected chi connectivity index (χ1v) is 12.5. The molecule has 172 valence electrons. The molecule has 0 atom stereocenters. The summed E-state index contributed by atoms with van der Waals surface area (Å²) in [4.78, 5) is 14.1. The number of ether oxygens (including phenoxy) is 1. The quantitative estimate of drug-likeness (QED) is 0.685. The number of rotatable bonds is 5. The predicted octanol–water partition coefficient (Wildman–Crippen LogP) is 1.24. The van der Waals surface area contributed by atoms with Crippen molar-refractivity contribution in [2.45, 2.75) is 57.4 Å². The normalized spacial score (nSPS) is 18.3. The number of aryl methyl sites for hydroxylation is 3. The van der Waals surface area contributed by atoms with Gasteiger partial charge in [0.1, 0.15) is 0 Å². The number of tetrazole rings is 1. The zero-order valence-electron chi connectivity index (χ0n) is 18.0. The number of hydrogen-bond donors (Lipinski definition) is 2. The minimum absolute atomic E-state index is 0.0683. The lowest BCUT2D eigenvalue weighted by Gasteiger charge is -2.32. The Morgan fingerprint density at radius 3 is 2.38 bits per heavy atom. The largest absolute Gasteiger partial charge is 0.381 e. The van der Waals surface area contributed by atoms with Crippen LogP contribution >= 0.6 is 0 Å². The monoisotopic (exact) mass is 461 g/mol. The van der Waals surface area contributed by atoms with Gasteiger partial charge < -0.3 is 10.1 Å². The van der Waals surface area contributed by atoms with Crippen molar-refractivity contribution < 1.29 is 17.9 Å². The molecule has 32 heavy (non-hydrogen) atoms. The molecule has 2 N–H and O–H groups in total. The Labute approximate surface area is 186 Å². The molecule has 0 spiro atoms. The van der Waals surface area contributed by atoms with Crippen molar-refractivity contribution in [2.75, 3.05) is 22.8 Å². The van der Waals surface area contributed by atoms with Crippen LogP contribution in [-0.4, -0.2) is 53.9 Å². The highest BCUT2D eigenvalue weighted by atomic mass is 32.2. The maximum Gasteiger partial charge on any atom is 0.334 e. The molecule has 1 aromatic heterocycles. The van der Waals surface area contributed by atoms with Crippen LogP contribution in [0, 0.1) is 0 Å². The summed E-state index contributed by atoms with van der Waals surface area (Å²) in [6.07, 6.45) is 6.80. The van der Waals surface area contributed by atoms with Gasteiger partial charge in [-0.05, 0) is 78.8 Å². The minimum atomic E-state index is -4.27. The molecule has 12 heteroatoms. The van der Waals surface area contributed by atoms with E-state index in [2.05, 4.69) is 31.5 Å². The van der Waals surface area contributed by atoms with Crippen LogP contribution in [0.2, 0.25) is 0 Å². The zero-order valence-corrected chi connectivity index (χ0v) is 18.8. The molecule has 2 heterocycles. The van der Waals surface area contributed by atoms with Crippen molar-refractivity contribution in [1.82, 2.24) is 24.9 Å². The first kappa shape index (κ1) is 21.1. The van der Waals surface area contributed by atoms with Crippen LogP contribution in [0.15, 0.2) is 6.07 Å². The Morgan fingerprint density at radius 2 is 1.78 bits per heavy atom. The van der Waals surface area contributed by atoms with E-state index in [1.807, 2.05) is 0 Å². The predicted molar refractivity (Wildman–Crippen MR) is 117 cm³/mol. The van der Waals surface area contributed by atoms with E-state index < -0.39 is 22.3 Å². The van der Waals surface area contributed by atoms with Crippen LogP contribution in [0.3, 0.4) is 0 Å². The summed E-state index contributed by atoms with van der Waals surface area (Å²) in [5, 5.41) is 14.6. The smallest absolute Gasteiger partial charge is 0.334 e. The van der Waals surface area contributed by atoms with Crippen molar-refractivity contribution in [3.63, 3.8) is 0 Å². The Balaban J connectivity index is 1.41. The van der Waals surface area contributed by atoms with Gasteiger partial charge in [0.25, 0.3) is 5.95 Å². The maximum atomic E-state index is 13.3. The molecule has 0 bridgehead atoms. The van der Waals surface area contributed by atoms with Gasteiger partial charge in [-0.3, -0.25) is 0 Å². The molecule has 1 saturated heterocycles. The van der Waals surface area contributed by atoms with Crippen molar-refractivity contribution in [1.29, 1.82) is 0 Å². The topological polar surface area (TPSA) is 131 Å². The van der Waals surface area contributed by atoms with Crippen molar-refractivity contribution >= 4 is 27.9 Å². The fraction of sp³-hybridized carbons (Fsp3) is 0.600. The molecule has 5 rings (SSSR count). The molecular weight excluding hydrogens is 434 g/mol. The molecule has 0 radical (unpaired) electrons. The van der Waals surface area contributed by atoms with E-state index in [0.29, 0.717) is 26.1 Å². The highest BCUT2D eigenvalue weighted by Crippen LogP contribution is 2.38. The average molecular weight is 462 g/mol. The van der Waals surface area contributed by atoms with E-state index in [-0.39, 0.29) is 5.95 Å². The third kappa shape index (κ3) is 3.92. The van der Waals surface area contributed by atoms with Gasteiger partial charge in [0.15, 0.2) is 0 Å². The fourth-order valence-electron chi connectivity index (χ4n) is 5.02. The first-order valence-electron chi connectivity index (χ1n) is 11.0. The Kier molecular flexibility index (Phi) is 5.49. The van der Waals surface area contributed by atoms with Gasteiger partial charge >= 0.3 is 16.2 Å². The number of amides is 2. The van der Waals surface area contributed by atoms with E-state index in [1.165, 1.54) is 15.9 Å². The standard InChI is InChI=1S/C20H27N7O4S/c1-26-23-19(22-25-26)27(15-8-10-31-11-9-15)32(29,30)24-20(28)21-18-16-6-2-4-13(16)12-14-5-3-7-17(14)18/h12,15H,2-11H2,1H3,(H2,21,24,28). The summed E-state index contributed by atoms with van der Waals surface area (Å²) >= 11 is 0. The number of hydrogen-bond acceptors (Lipinski definition) is 7. The van der Waals surface area contributed by atoms with E-state index in [4.69, 9.17) is 4.74 Å². The molecule has 2 aliphatic carbocycles. The van der Waals surface area contributed by atoms with Gasteiger partial charge in [-0.2, -0.15) is 13.2 Å². The van der Waals surface area contributed by atoms with Crippen LogP contribution in [0.4, 0.5) is 16.4 Å². The molecule has 1 fully saturated rings. The second-order valence-electron chi connectivity index (χ2n) is 8.51. The molecule has 11 nitrogen and oxygen atoms in total. The lowest BCUT2D eigenvalue weighted by atomic mass is 9.99. The number of aromatic nitrogens is 4. The molecule has 3 aliphatic rings. The minimum Gasteiger partial charge on any atom is -0.381 e. The van der Waals surface area contributed by atoms with Crippen LogP contribution in [0.5, 0.6) is 0 Å². The lowest BCUT2D eigenvalue weighted by Crippen LogP contribution is -2.51. The summed E-state index contributed by atoms with van der Waals surface area (Å²) < 4.78 is 35.2. The van der Waals surface area contributed by atoms with Crippen LogP contribution in [0.1, 0.15) is 47.9 Å². The van der Waals surface area contributed by atoms with Gasteiger partial charge in [0.2, 0.25) is 0 Å². The summed E-state index contributed by atoms with van der Waals surface area (Å²) in [6, 6.07) is 1.06. The van der Waals surface area contributed by atoms with Crippen molar-refractivity contribution in [3.05, 3.63) is 28.3 Å². The van der Waals surface area contributed by atoms with Crippen LogP contribution in [-0.2, 0) is 47.7 Å². The van der Waals surface area contributed by atoms with E-state index in [1.54, 1.807) is 7.05 Å². The number of anilines is 2. The van der Waals surface area contributed by atoms with Gasteiger partial charge in [-0.15, -0.1) is 5.10 Å². The Morgan fingerprint density at radius 1 is 1.12 bits per heavy atom.